The fourth-order valence-electron chi connectivity index (χ4n) is 2.32. The molecule has 0 aliphatic carbocycles. The number of hydrogen-bond donors (Lipinski definition) is 1. The normalized spacial score (nSPS) is 10.4. The van der Waals surface area contributed by atoms with E-state index in [1.165, 1.54) is 0 Å². The van der Waals surface area contributed by atoms with Gasteiger partial charge in [0.2, 0.25) is 0 Å². The monoisotopic (exact) mass is 306 g/mol. The maximum Gasteiger partial charge on any atom is 0.251 e. The van der Waals surface area contributed by atoms with Gasteiger partial charge in [-0.3, -0.25) is 9.78 Å². The maximum atomic E-state index is 12.1. The molecule has 0 saturated carbocycles. The minimum Gasteiger partial charge on any atom is -0.352 e. The summed E-state index contributed by atoms with van der Waals surface area (Å²) in [7, 11) is 0. The molecule has 1 amide bonds. The summed E-state index contributed by atoms with van der Waals surface area (Å²) in [5.41, 5.74) is 2.92. The van der Waals surface area contributed by atoms with Crippen molar-refractivity contribution in [1.29, 1.82) is 0 Å². The van der Waals surface area contributed by atoms with Crippen molar-refractivity contribution in [2.24, 2.45) is 0 Å². The number of amides is 1. The second kappa shape index (κ2) is 7.35. The van der Waals surface area contributed by atoms with Crippen LogP contribution in [0.2, 0.25) is 0 Å². The standard InChI is InChI=1S/C18H18N4O/c23-18(21-9-7-15-2-1-8-19-12-15)17-5-3-16(4-6-17)13-22-11-10-20-14-22/h1-6,8,10-12,14H,7,9,13H2,(H,21,23). The molecule has 5 nitrogen and oxygen atoms in total. The molecule has 0 saturated heterocycles. The Morgan fingerprint density at radius 1 is 1.04 bits per heavy atom. The zero-order chi connectivity index (χ0) is 15.9. The van der Waals surface area contributed by atoms with E-state index >= 15 is 0 Å². The molecule has 0 atom stereocenters. The van der Waals surface area contributed by atoms with E-state index < -0.39 is 0 Å². The molecule has 5 heteroatoms. The number of hydrogen-bond acceptors (Lipinski definition) is 3. The van der Waals surface area contributed by atoms with Crippen molar-refractivity contribution in [3.05, 3.63) is 84.2 Å². The van der Waals surface area contributed by atoms with Crippen molar-refractivity contribution in [2.75, 3.05) is 6.54 Å². The van der Waals surface area contributed by atoms with E-state index in [9.17, 15) is 4.79 Å². The van der Waals surface area contributed by atoms with Crippen LogP contribution >= 0.6 is 0 Å². The summed E-state index contributed by atoms with van der Waals surface area (Å²) in [5, 5.41) is 2.93. The van der Waals surface area contributed by atoms with Crippen molar-refractivity contribution < 1.29 is 4.79 Å². The molecule has 116 valence electrons. The Labute approximate surface area is 135 Å². The fraction of sp³-hybridized carbons (Fsp3) is 0.167. The highest BCUT2D eigenvalue weighted by molar-refractivity contribution is 5.94. The van der Waals surface area contributed by atoms with Gasteiger partial charge in [-0.25, -0.2) is 4.98 Å². The number of nitrogens with one attached hydrogen (secondary N) is 1. The summed E-state index contributed by atoms with van der Waals surface area (Å²) in [4.78, 5) is 20.2. The molecule has 0 fully saturated rings. The minimum atomic E-state index is -0.0527. The van der Waals surface area contributed by atoms with Crippen LogP contribution in [0, 0.1) is 0 Å². The minimum absolute atomic E-state index is 0.0527. The van der Waals surface area contributed by atoms with Crippen molar-refractivity contribution >= 4 is 5.91 Å². The van der Waals surface area contributed by atoms with E-state index in [4.69, 9.17) is 0 Å². The molecular formula is C18H18N4O. The quantitative estimate of drug-likeness (QED) is 0.760. The van der Waals surface area contributed by atoms with Crippen molar-refractivity contribution in [3.63, 3.8) is 0 Å². The Morgan fingerprint density at radius 2 is 1.91 bits per heavy atom. The van der Waals surface area contributed by atoms with E-state index in [0.29, 0.717) is 12.1 Å². The number of carbonyl (C=O) groups is 1. The third-order valence-electron chi connectivity index (χ3n) is 3.56. The number of nitrogens with zero attached hydrogens (tertiary/aromatic N) is 3. The molecule has 23 heavy (non-hydrogen) atoms. The Kier molecular flexibility index (Phi) is 4.79. The smallest absolute Gasteiger partial charge is 0.251 e. The van der Waals surface area contributed by atoms with Gasteiger partial charge in [-0.15, -0.1) is 0 Å². The molecule has 1 N–H and O–H groups in total. The van der Waals surface area contributed by atoms with Gasteiger partial charge in [-0.1, -0.05) is 18.2 Å². The van der Waals surface area contributed by atoms with Crippen LogP contribution in [0.5, 0.6) is 0 Å². The highest BCUT2D eigenvalue weighted by Gasteiger charge is 2.05. The van der Waals surface area contributed by atoms with E-state index in [1.54, 1.807) is 18.7 Å². The molecule has 0 unspecified atom stereocenters. The van der Waals surface area contributed by atoms with E-state index in [1.807, 2.05) is 53.4 Å². The lowest BCUT2D eigenvalue weighted by Crippen LogP contribution is -2.25. The number of pyridine rings is 1. The van der Waals surface area contributed by atoms with Gasteiger partial charge in [0.1, 0.15) is 0 Å². The first-order valence-electron chi connectivity index (χ1n) is 7.53. The topological polar surface area (TPSA) is 59.8 Å². The van der Waals surface area contributed by atoms with Crippen molar-refractivity contribution in [3.8, 4) is 0 Å². The van der Waals surface area contributed by atoms with Gasteiger partial charge < -0.3 is 9.88 Å². The Morgan fingerprint density at radius 3 is 2.61 bits per heavy atom. The number of imidazole rings is 1. The van der Waals surface area contributed by atoms with Gasteiger partial charge >= 0.3 is 0 Å². The molecule has 3 aromatic rings. The van der Waals surface area contributed by atoms with E-state index in [-0.39, 0.29) is 5.91 Å². The van der Waals surface area contributed by atoms with Gasteiger partial charge in [0, 0.05) is 43.4 Å². The lowest BCUT2D eigenvalue weighted by Gasteiger charge is -2.07. The van der Waals surface area contributed by atoms with Crippen LogP contribution in [0.4, 0.5) is 0 Å². The highest BCUT2D eigenvalue weighted by Crippen LogP contribution is 2.06. The third-order valence-corrected chi connectivity index (χ3v) is 3.56. The van der Waals surface area contributed by atoms with Gasteiger partial charge in [0.25, 0.3) is 5.91 Å². The van der Waals surface area contributed by atoms with Crippen LogP contribution in [-0.2, 0) is 13.0 Å². The lowest BCUT2D eigenvalue weighted by molar-refractivity contribution is 0.0954. The van der Waals surface area contributed by atoms with Gasteiger partial charge in [-0.2, -0.15) is 0 Å². The van der Waals surface area contributed by atoms with Crippen LogP contribution in [0.15, 0.2) is 67.5 Å². The average Bonchev–Trinajstić information content (AvgIpc) is 3.09. The summed E-state index contributed by atoms with van der Waals surface area (Å²) in [6.45, 7) is 1.35. The molecule has 3 rings (SSSR count). The van der Waals surface area contributed by atoms with Crippen LogP contribution in [0.1, 0.15) is 21.5 Å². The largest absolute Gasteiger partial charge is 0.352 e. The Bertz CT molecular complexity index is 736. The number of aromatic nitrogens is 3. The van der Waals surface area contributed by atoms with Crippen LogP contribution < -0.4 is 5.32 Å². The first kappa shape index (κ1) is 15.0. The van der Waals surface area contributed by atoms with Crippen LogP contribution in [0.25, 0.3) is 0 Å². The molecular weight excluding hydrogens is 288 g/mol. The van der Waals surface area contributed by atoms with Crippen molar-refractivity contribution in [2.45, 2.75) is 13.0 Å². The Hall–Kier alpha value is -2.95. The highest BCUT2D eigenvalue weighted by atomic mass is 16.1. The second-order valence-electron chi connectivity index (χ2n) is 5.30. The summed E-state index contributed by atoms with van der Waals surface area (Å²) in [5.74, 6) is -0.0527. The summed E-state index contributed by atoms with van der Waals surface area (Å²) in [6, 6.07) is 11.5. The van der Waals surface area contributed by atoms with Crippen LogP contribution in [-0.4, -0.2) is 27.0 Å². The van der Waals surface area contributed by atoms with Gasteiger partial charge in [0.05, 0.1) is 6.33 Å². The first-order valence-corrected chi connectivity index (χ1v) is 7.53. The lowest BCUT2D eigenvalue weighted by atomic mass is 10.1. The number of benzene rings is 1. The third kappa shape index (κ3) is 4.26. The Balaban J connectivity index is 1.51. The second-order valence-corrected chi connectivity index (χ2v) is 5.30. The molecule has 0 aliphatic heterocycles. The molecule has 2 aromatic heterocycles. The molecule has 0 aliphatic rings. The number of carbonyl (C=O) groups excluding carboxylic acids is 1. The molecule has 1 aromatic carbocycles. The van der Waals surface area contributed by atoms with Gasteiger partial charge in [-0.05, 0) is 35.7 Å². The summed E-state index contributed by atoms with van der Waals surface area (Å²) < 4.78 is 1.99. The first-order chi connectivity index (χ1) is 11.3. The molecule has 2 heterocycles. The predicted molar refractivity (Wildman–Crippen MR) is 88.0 cm³/mol. The van der Waals surface area contributed by atoms with Crippen molar-refractivity contribution in [1.82, 2.24) is 19.9 Å². The molecule has 0 radical (unpaired) electrons. The van der Waals surface area contributed by atoms with E-state index in [0.717, 1.165) is 24.1 Å². The van der Waals surface area contributed by atoms with Gasteiger partial charge in [0.15, 0.2) is 0 Å². The number of rotatable bonds is 6. The van der Waals surface area contributed by atoms with E-state index in [2.05, 4.69) is 15.3 Å². The zero-order valence-electron chi connectivity index (χ0n) is 12.7. The zero-order valence-corrected chi connectivity index (χ0v) is 12.7. The molecule has 0 spiro atoms. The summed E-state index contributed by atoms with van der Waals surface area (Å²) in [6.07, 6.45) is 9.78. The average molecular weight is 306 g/mol. The summed E-state index contributed by atoms with van der Waals surface area (Å²) >= 11 is 0. The van der Waals surface area contributed by atoms with Crippen LogP contribution in [0.3, 0.4) is 0 Å². The maximum absolute atomic E-state index is 12.1. The predicted octanol–water partition coefficient (Wildman–Crippen LogP) is 2.30. The fourth-order valence-corrected chi connectivity index (χ4v) is 2.32. The SMILES string of the molecule is O=C(NCCc1cccnc1)c1ccc(Cn2ccnc2)cc1. The molecule has 0 bridgehead atoms.